The van der Waals surface area contributed by atoms with Gasteiger partial charge in [0, 0.05) is 18.0 Å². The van der Waals surface area contributed by atoms with Crippen LogP contribution in [-0.4, -0.2) is 52.1 Å². The average Bonchev–Trinajstić information content (AvgIpc) is 3.65. The van der Waals surface area contributed by atoms with E-state index in [2.05, 4.69) is 24.8 Å². The number of hydrogen-bond donors (Lipinski definition) is 3. The first-order chi connectivity index (χ1) is 18.9. The number of hydrazone groups is 1. The van der Waals surface area contributed by atoms with Crippen molar-refractivity contribution in [2.75, 3.05) is 11.3 Å². The van der Waals surface area contributed by atoms with Crippen LogP contribution < -0.4 is 4.72 Å². The minimum absolute atomic E-state index is 0.0154. The highest BCUT2D eigenvalue weighted by Crippen LogP contribution is 2.33. The van der Waals surface area contributed by atoms with Crippen molar-refractivity contribution in [2.45, 2.75) is 4.90 Å². The summed E-state index contributed by atoms with van der Waals surface area (Å²) in [6.45, 7) is 0.0478. The molecule has 0 unspecified atom stereocenters. The van der Waals surface area contributed by atoms with Gasteiger partial charge < -0.3 is 9.52 Å². The fourth-order valence-corrected chi connectivity index (χ4v) is 5.89. The van der Waals surface area contributed by atoms with Gasteiger partial charge in [0.1, 0.15) is 28.8 Å². The molecule has 0 amide bonds. The molecule has 13 heteroatoms. The Balaban J connectivity index is 1.14. The molecule has 4 heterocycles. The lowest BCUT2D eigenvalue weighted by atomic mass is 10.2. The van der Waals surface area contributed by atoms with E-state index in [1.54, 1.807) is 30.3 Å². The Bertz CT molecular complexity index is 1830. The lowest BCUT2D eigenvalue weighted by Crippen LogP contribution is -2.20. The van der Waals surface area contributed by atoms with Crippen molar-refractivity contribution in [3.8, 4) is 11.3 Å². The van der Waals surface area contributed by atoms with Crippen LogP contribution in [0.4, 0.5) is 5.95 Å². The van der Waals surface area contributed by atoms with Gasteiger partial charge >= 0.3 is 0 Å². The van der Waals surface area contributed by atoms with Gasteiger partial charge in [0.25, 0.3) is 10.0 Å². The minimum Gasteiger partial charge on any atom is -0.509 e. The highest BCUT2D eigenvalue weighted by atomic mass is 32.2. The number of aromatic nitrogens is 3. The number of amidine groups is 1. The highest BCUT2D eigenvalue weighted by molar-refractivity contribution is 7.92. The van der Waals surface area contributed by atoms with Crippen LogP contribution in [0.5, 0.6) is 0 Å². The van der Waals surface area contributed by atoms with Crippen LogP contribution in [0.2, 0.25) is 0 Å². The van der Waals surface area contributed by atoms with E-state index in [0.717, 1.165) is 10.2 Å². The molecule has 5 aromatic rings. The lowest BCUT2D eigenvalue weighted by Gasteiger charge is -2.10. The van der Waals surface area contributed by atoms with E-state index in [-0.39, 0.29) is 29.0 Å². The number of sulfonamides is 1. The van der Waals surface area contributed by atoms with Crippen molar-refractivity contribution in [1.29, 1.82) is 5.41 Å². The van der Waals surface area contributed by atoms with Gasteiger partial charge in [-0.05, 0) is 54.6 Å². The number of nitrogens with zero attached hydrogens (tertiary/aromatic N) is 5. The summed E-state index contributed by atoms with van der Waals surface area (Å²) in [7, 11) is -3.85. The molecule has 2 aromatic carbocycles. The molecular weight excluding hydrogens is 538 g/mol. The van der Waals surface area contributed by atoms with Crippen LogP contribution >= 0.6 is 11.3 Å². The fraction of sp³-hybridized carbons (Fsp3) is 0.0385. The average molecular weight is 558 g/mol. The zero-order valence-corrected chi connectivity index (χ0v) is 21.6. The zero-order chi connectivity index (χ0) is 27.0. The first kappa shape index (κ1) is 24.5. The smallest absolute Gasteiger partial charge is 0.264 e. The number of furan rings is 1. The van der Waals surface area contributed by atoms with Crippen LogP contribution in [0.15, 0.2) is 99.3 Å². The molecule has 194 valence electrons. The maximum atomic E-state index is 12.6. The first-order valence-electron chi connectivity index (χ1n) is 11.6. The number of aliphatic hydroxyl groups is 1. The van der Waals surface area contributed by atoms with E-state index in [0.29, 0.717) is 27.7 Å². The fourth-order valence-electron chi connectivity index (χ4n) is 3.90. The van der Waals surface area contributed by atoms with Gasteiger partial charge in [-0.1, -0.05) is 12.1 Å². The molecule has 0 radical (unpaired) electrons. The van der Waals surface area contributed by atoms with Crippen molar-refractivity contribution in [3.63, 3.8) is 0 Å². The number of para-hydroxylation sites is 1. The Morgan fingerprint density at radius 2 is 1.82 bits per heavy atom. The van der Waals surface area contributed by atoms with Crippen molar-refractivity contribution in [3.05, 3.63) is 95.7 Å². The molecule has 0 saturated carbocycles. The molecule has 39 heavy (non-hydrogen) atoms. The van der Waals surface area contributed by atoms with E-state index in [1.165, 1.54) is 47.1 Å². The van der Waals surface area contributed by atoms with Crippen LogP contribution in [0.1, 0.15) is 10.8 Å². The standard InChI is InChI=1S/C26H19N7O4S2/c27-24-23(25-31-19-4-1-2-5-22(19)38-25)20(34)15-33(24)30-14-17-8-11-21(37-17)16-6-9-18(10-7-16)39(35,36)32-26-28-12-3-13-29-26/h1-14,27,34H,15H2,(H,28,29,32). The van der Waals surface area contributed by atoms with Crippen LogP contribution in [0, 0.1) is 5.41 Å². The van der Waals surface area contributed by atoms with Crippen molar-refractivity contribution in [2.24, 2.45) is 5.10 Å². The zero-order valence-electron chi connectivity index (χ0n) is 20.0. The molecule has 0 atom stereocenters. The molecule has 0 aliphatic carbocycles. The summed E-state index contributed by atoms with van der Waals surface area (Å²) in [6, 6.07) is 18.8. The first-order valence-corrected chi connectivity index (χ1v) is 13.9. The molecule has 0 fully saturated rings. The Morgan fingerprint density at radius 3 is 2.59 bits per heavy atom. The monoisotopic (exact) mass is 557 g/mol. The van der Waals surface area contributed by atoms with E-state index >= 15 is 0 Å². The molecule has 3 N–H and O–H groups in total. The quantitative estimate of drug-likeness (QED) is 0.242. The maximum absolute atomic E-state index is 12.6. The number of hydrogen-bond acceptors (Lipinski definition) is 10. The van der Waals surface area contributed by atoms with Crippen molar-refractivity contribution >= 4 is 55.1 Å². The molecular formula is C26H19N7O4S2. The minimum atomic E-state index is -3.85. The molecule has 0 bridgehead atoms. The summed E-state index contributed by atoms with van der Waals surface area (Å²) in [6.07, 6.45) is 4.34. The Morgan fingerprint density at radius 1 is 1.05 bits per heavy atom. The molecule has 0 saturated heterocycles. The van der Waals surface area contributed by atoms with E-state index < -0.39 is 10.0 Å². The molecule has 11 nitrogen and oxygen atoms in total. The van der Waals surface area contributed by atoms with E-state index in [9.17, 15) is 13.5 Å². The molecule has 6 rings (SSSR count). The summed E-state index contributed by atoms with van der Waals surface area (Å²) in [5.74, 6) is 0.983. The van der Waals surface area contributed by atoms with Crippen molar-refractivity contribution < 1.29 is 17.9 Å². The molecule has 0 spiro atoms. The summed E-state index contributed by atoms with van der Waals surface area (Å²) < 4.78 is 34.3. The Kier molecular flexibility index (Phi) is 6.13. The number of anilines is 1. The number of rotatable bonds is 7. The lowest BCUT2D eigenvalue weighted by molar-refractivity contribution is 0.357. The van der Waals surface area contributed by atoms with Crippen molar-refractivity contribution in [1.82, 2.24) is 20.0 Å². The van der Waals surface area contributed by atoms with Crippen LogP contribution in [-0.2, 0) is 10.0 Å². The second-order valence-corrected chi connectivity index (χ2v) is 11.1. The number of thiazole rings is 1. The number of aliphatic hydroxyl groups excluding tert-OH is 1. The van der Waals surface area contributed by atoms with Crippen LogP contribution in [0.3, 0.4) is 0 Å². The topological polar surface area (TPSA) is 158 Å². The summed E-state index contributed by atoms with van der Waals surface area (Å²) >= 11 is 1.41. The number of fused-ring (bicyclic) bond motifs is 1. The Hall–Kier alpha value is -4.88. The highest BCUT2D eigenvalue weighted by Gasteiger charge is 2.30. The van der Waals surface area contributed by atoms with Gasteiger partial charge in [-0.25, -0.2) is 33.1 Å². The number of benzene rings is 2. The third-order valence-electron chi connectivity index (χ3n) is 5.78. The maximum Gasteiger partial charge on any atom is 0.264 e. The summed E-state index contributed by atoms with van der Waals surface area (Å²) in [5, 5.41) is 25.3. The third-order valence-corrected chi connectivity index (χ3v) is 8.18. The molecule has 3 aromatic heterocycles. The van der Waals surface area contributed by atoms with Crippen LogP contribution in [0.25, 0.3) is 27.1 Å². The Labute approximate surface area is 226 Å². The van der Waals surface area contributed by atoms with Gasteiger partial charge in [0.2, 0.25) is 5.95 Å². The largest absolute Gasteiger partial charge is 0.509 e. The number of nitrogens with one attached hydrogen (secondary N) is 2. The SMILES string of the molecule is N=C1C(c2nc3ccccc3s2)=C(O)CN1N=Cc1ccc(-c2ccc(S(=O)(=O)Nc3ncccn3)cc2)o1. The predicted molar refractivity (Wildman–Crippen MR) is 148 cm³/mol. The van der Waals surface area contributed by atoms with Gasteiger partial charge in [0.05, 0.1) is 26.9 Å². The predicted octanol–water partition coefficient (Wildman–Crippen LogP) is 4.74. The normalized spacial score (nSPS) is 14.2. The van der Waals surface area contributed by atoms with E-state index in [1.807, 2.05) is 24.3 Å². The van der Waals surface area contributed by atoms with Gasteiger partial charge in [-0.15, -0.1) is 11.3 Å². The van der Waals surface area contributed by atoms with Gasteiger partial charge in [-0.2, -0.15) is 5.10 Å². The third kappa shape index (κ3) is 4.87. The van der Waals surface area contributed by atoms with E-state index in [4.69, 9.17) is 9.83 Å². The molecule has 1 aliphatic rings. The molecule has 1 aliphatic heterocycles. The second-order valence-electron chi connectivity index (χ2n) is 8.36. The summed E-state index contributed by atoms with van der Waals surface area (Å²) in [5.41, 5.74) is 1.83. The van der Waals surface area contributed by atoms with Gasteiger partial charge in [0.15, 0.2) is 5.84 Å². The van der Waals surface area contributed by atoms with Gasteiger partial charge in [-0.3, -0.25) is 5.41 Å². The second kappa shape index (κ2) is 9.78. The summed E-state index contributed by atoms with van der Waals surface area (Å²) in [4.78, 5) is 12.3.